The Morgan fingerprint density at radius 2 is 2.36 bits per heavy atom. The minimum atomic E-state index is -0.123. The largest absolute Gasteiger partial charge is 0.320 e. The Balaban J connectivity index is 2.28. The maximum Gasteiger partial charge on any atom is 0.266 e. The van der Waals surface area contributed by atoms with Crippen LogP contribution in [0.3, 0.4) is 0 Å². The van der Waals surface area contributed by atoms with Crippen molar-refractivity contribution in [2.24, 2.45) is 5.92 Å². The fraction of sp³-hybridized carbons (Fsp3) is 0.455. The van der Waals surface area contributed by atoms with E-state index in [2.05, 4.69) is 23.0 Å². The lowest BCUT2D eigenvalue weighted by Crippen LogP contribution is -2.10. The molecule has 0 spiro atoms. The van der Waals surface area contributed by atoms with E-state index in [4.69, 9.17) is 0 Å². The summed E-state index contributed by atoms with van der Waals surface area (Å²) in [5.74, 6) is 0.766. The smallest absolute Gasteiger partial charge is 0.266 e. The molecule has 0 aliphatic heterocycles. The molecular formula is C11H14N2O. The molecule has 1 unspecified atom stereocenters. The second-order valence-corrected chi connectivity index (χ2v) is 3.92. The molecule has 1 aliphatic carbocycles. The van der Waals surface area contributed by atoms with Crippen LogP contribution in [0.15, 0.2) is 23.3 Å². The van der Waals surface area contributed by atoms with Gasteiger partial charge in [0.15, 0.2) is 0 Å². The Morgan fingerprint density at radius 3 is 3.00 bits per heavy atom. The zero-order valence-corrected chi connectivity index (χ0v) is 8.29. The highest BCUT2D eigenvalue weighted by molar-refractivity contribution is 5.62. The summed E-state index contributed by atoms with van der Waals surface area (Å²) >= 11 is 0. The number of hydrogen-bond donors (Lipinski definition) is 1. The van der Waals surface area contributed by atoms with E-state index in [1.54, 1.807) is 6.20 Å². The van der Waals surface area contributed by atoms with Gasteiger partial charge in [0, 0.05) is 0 Å². The summed E-state index contributed by atoms with van der Waals surface area (Å²) in [5, 5.41) is 0. The predicted octanol–water partition coefficient (Wildman–Crippen LogP) is 1.97. The van der Waals surface area contributed by atoms with Crippen LogP contribution in [0.5, 0.6) is 0 Å². The van der Waals surface area contributed by atoms with E-state index in [1.807, 2.05) is 0 Å². The average Bonchev–Trinajstić information content (AvgIpc) is 2.19. The monoisotopic (exact) mass is 190 g/mol. The van der Waals surface area contributed by atoms with Gasteiger partial charge in [-0.1, -0.05) is 13.0 Å². The van der Waals surface area contributed by atoms with Gasteiger partial charge in [-0.15, -0.1) is 0 Å². The minimum absolute atomic E-state index is 0.123. The molecule has 0 saturated heterocycles. The third-order valence-electron chi connectivity index (χ3n) is 2.67. The van der Waals surface area contributed by atoms with Crippen LogP contribution in [0.1, 0.15) is 31.9 Å². The Kier molecular flexibility index (Phi) is 2.48. The fourth-order valence-corrected chi connectivity index (χ4v) is 1.75. The van der Waals surface area contributed by atoms with Gasteiger partial charge in [0.2, 0.25) is 0 Å². The van der Waals surface area contributed by atoms with E-state index >= 15 is 0 Å². The molecule has 0 radical (unpaired) electrons. The predicted molar refractivity (Wildman–Crippen MR) is 55.8 cm³/mol. The summed E-state index contributed by atoms with van der Waals surface area (Å²) in [5.41, 5.74) is 1.99. The molecule has 3 heteroatoms. The standard InChI is InChI=1S/C11H14N2O/c1-8-2-4-9(5-3-8)10-6-12-7-11(14)13-10/h4,6-8H,2-3,5H2,1H3,(H,13,14). The van der Waals surface area contributed by atoms with E-state index in [-0.39, 0.29) is 5.56 Å². The molecule has 2 rings (SSSR count). The average molecular weight is 190 g/mol. The number of aromatic amines is 1. The van der Waals surface area contributed by atoms with Crippen LogP contribution in [-0.4, -0.2) is 9.97 Å². The quantitative estimate of drug-likeness (QED) is 0.736. The molecule has 1 atom stereocenters. The van der Waals surface area contributed by atoms with Gasteiger partial charge in [-0.3, -0.25) is 9.78 Å². The lowest BCUT2D eigenvalue weighted by Gasteiger charge is -2.17. The molecule has 1 aromatic rings. The number of hydrogen-bond acceptors (Lipinski definition) is 2. The number of H-pyrrole nitrogens is 1. The van der Waals surface area contributed by atoms with Gasteiger partial charge in [0.1, 0.15) is 0 Å². The first-order valence-electron chi connectivity index (χ1n) is 4.99. The molecule has 0 aromatic carbocycles. The van der Waals surface area contributed by atoms with Gasteiger partial charge in [-0.2, -0.15) is 0 Å². The molecule has 0 saturated carbocycles. The maximum absolute atomic E-state index is 11.1. The molecule has 1 aliphatic rings. The number of nitrogens with one attached hydrogen (secondary N) is 1. The Labute approximate surface area is 82.9 Å². The van der Waals surface area contributed by atoms with Crippen LogP contribution >= 0.6 is 0 Å². The van der Waals surface area contributed by atoms with Crippen molar-refractivity contribution in [3.63, 3.8) is 0 Å². The zero-order chi connectivity index (χ0) is 9.97. The van der Waals surface area contributed by atoms with Crippen molar-refractivity contribution >= 4 is 5.57 Å². The van der Waals surface area contributed by atoms with Crippen LogP contribution in [0, 0.1) is 5.92 Å². The van der Waals surface area contributed by atoms with E-state index in [0.29, 0.717) is 0 Å². The van der Waals surface area contributed by atoms with Crippen molar-refractivity contribution in [1.29, 1.82) is 0 Å². The first-order chi connectivity index (χ1) is 6.75. The normalized spacial score (nSPS) is 21.8. The first kappa shape index (κ1) is 9.19. The van der Waals surface area contributed by atoms with Gasteiger partial charge < -0.3 is 4.98 Å². The summed E-state index contributed by atoms with van der Waals surface area (Å²) in [7, 11) is 0. The second kappa shape index (κ2) is 3.78. The summed E-state index contributed by atoms with van der Waals surface area (Å²) < 4.78 is 0. The molecule has 1 heterocycles. The van der Waals surface area contributed by atoms with Crippen molar-refractivity contribution in [2.45, 2.75) is 26.2 Å². The van der Waals surface area contributed by atoms with Crippen molar-refractivity contribution in [3.8, 4) is 0 Å². The second-order valence-electron chi connectivity index (χ2n) is 3.92. The fourth-order valence-electron chi connectivity index (χ4n) is 1.75. The SMILES string of the molecule is CC1CC=C(c2cncc(=O)[nH]2)CC1. The molecular weight excluding hydrogens is 176 g/mol. The van der Waals surface area contributed by atoms with Crippen LogP contribution in [-0.2, 0) is 0 Å². The number of nitrogens with zero attached hydrogens (tertiary/aromatic N) is 1. The van der Waals surface area contributed by atoms with E-state index in [0.717, 1.165) is 24.5 Å². The van der Waals surface area contributed by atoms with Crippen LogP contribution in [0.2, 0.25) is 0 Å². The molecule has 74 valence electrons. The Morgan fingerprint density at radius 1 is 1.50 bits per heavy atom. The highest BCUT2D eigenvalue weighted by Crippen LogP contribution is 2.27. The zero-order valence-electron chi connectivity index (χ0n) is 8.29. The summed E-state index contributed by atoms with van der Waals surface area (Å²) in [6.45, 7) is 2.25. The van der Waals surface area contributed by atoms with Gasteiger partial charge in [0.25, 0.3) is 5.56 Å². The molecule has 0 bridgehead atoms. The highest BCUT2D eigenvalue weighted by atomic mass is 16.1. The lowest BCUT2D eigenvalue weighted by molar-refractivity contribution is 0.533. The molecule has 1 N–H and O–H groups in total. The van der Waals surface area contributed by atoms with Crippen molar-refractivity contribution in [2.75, 3.05) is 0 Å². The Hall–Kier alpha value is -1.38. The van der Waals surface area contributed by atoms with Gasteiger partial charge in [0.05, 0.1) is 18.1 Å². The van der Waals surface area contributed by atoms with Crippen LogP contribution in [0.25, 0.3) is 5.57 Å². The lowest BCUT2D eigenvalue weighted by atomic mass is 9.90. The molecule has 14 heavy (non-hydrogen) atoms. The first-order valence-corrected chi connectivity index (χ1v) is 4.99. The molecule has 1 aromatic heterocycles. The molecule has 0 amide bonds. The Bertz CT molecular complexity index is 406. The maximum atomic E-state index is 11.1. The number of aromatic nitrogens is 2. The highest BCUT2D eigenvalue weighted by Gasteiger charge is 2.11. The van der Waals surface area contributed by atoms with E-state index < -0.39 is 0 Å². The van der Waals surface area contributed by atoms with E-state index in [1.165, 1.54) is 18.2 Å². The number of allylic oxidation sites excluding steroid dienone is 2. The molecule has 0 fully saturated rings. The van der Waals surface area contributed by atoms with Crippen molar-refractivity contribution in [3.05, 3.63) is 34.5 Å². The van der Waals surface area contributed by atoms with Gasteiger partial charge in [-0.25, -0.2) is 0 Å². The summed E-state index contributed by atoms with van der Waals surface area (Å²) in [6.07, 6.45) is 8.58. The minimum Gasteiger partial charge on any atom is -0.320 e. The summed E-state index contributed by atoms with van der Waals surface area (Å²) in [6, 6.07) is 0. The number of rotatable bonds is 1. The topological polar surface area (TPSA) is 45.8 Å². The van der Waals surface area contributed by atoms with Gasteiger partial charge >= 0.3 is 0 Å². The van der Waals surface area contributed by atoms with Crippen molar-refractivity contribution in [1.82, 2.24) is 9.97 Å². The summed E-state index contributed by atoms with van der Waals surface area (Å²) in [4.78, 5) is 17.8. The van der Waals surface area contributed by atoms with Crippen molar-refractivity contribution < 1.29 is 0 Å². The van der Waals surface area contributed by atoms with Gasteiger partial charge in [-0.05, 0) is 30.8 Å². The van der Waals surface area contributed by atoms with Crippen LogP contribution in [0.4, 0.5) is 0 Å². The van der Waals surface area contributed by atoms with E-state index in [9.17, 15) is 4.79 Å². The molecule has 3 nitrogen and oxygen atoms in total. The third kappa shape index (κ3) is 1.92. The third-order valence-corrected chi connectivity index (χ3v) is 2.67. The van der Waals surface area contributed by atoms with Crippen LogP contribution < -0.4 is 5.56 Å².